The molecule has 1 nitrogen and oxygen atoms in total. The van der Waals surface area contributed by atoms with Gasteiger partial charge < -0.3 is 5.11 Å². The van der Waals surface area contributed by atoms with Gasteiger partial charge in [-0.2, -0.15) is 0 Å². The highest BCUT2D eigenvalue weighted by molar-refractivity contribution is 6.30. The van der Waals surface area contributed by atoms with E-state index in [0.29, 0.717) is 0 Å². The topological polar surface area (TPSA) is 20.2 Å². The lowest BCUT2D eigenvalue weighted by atomic mass is 9.93. The van der Waals surface area contributed by atoms with Gasteiger partial charge in [0.25, 0.3) is 0 Å². The zero-order valence-corrected chi connectivity index (χ0v) is 12.0. The van der Waals surface area contributed by atoms with Crippen LogP contribution in [0.4, 0.5) is 0 Å². The average Bonchev–Trinajstić information content (AvgIpc) is 2.40. The number of rotatable bonds is 5. The first-order valence-corrected chi connectivity index (χ1v) is 7.02. The molecule has 0 heterocycles. The van der Waals surface area contributed by atoms with Gasteiger partial charge in [0.1, 0.15) is 0 Å². The molecule has 0 fully saturated rings. The highest BCUT2D eigenvalue weighted by Crippen LogP contribution is 2.18. The number of aliphatic hydroxyl groups is 1. The van der Waals surface area contributed by atoms with E-state index in [4.69, 9.17) is 23.2 Å². The van der Waals surface area contributed by atoms with Gasteiger partial charge in [-0.15, -0.1) is 0 Å². The van der Waals surface area contributed by atoms with Gasteiger partial charge in [0.05, 0.1) is 0 Å². The van der Waals surface area contributed by atoms with Gasteiger partial charge in [-0.05, 0) is 54.2 Å². The highest BCUT2D eigenvalue weighted by Gasteiger charge is 2.10. The number of hydrogen-bond donors (Lipinski definition) is 1. The Morgan fingerprint density at radius 1 is 0.842 bits per heavy atom. The van der Waals surface area contributed by atoms with Crippen molar-refractivity contribution in [2.45, 2.75) is 12.8 Å². The third-order valence-electron chi connectivity index (χ3n) is 3.11. The van der Waals surface area contributed by atoms with Crippen LogP contribution in [-0.2, 0) is 12.8 Å². The molecule has 0 aliphatic rings. The molecular weight excluding hydrogens is 279 g/mol. The fourth-order valence-corrected chi connectivity index (χ4v) is 2.49. The lowest BCUT2D eigenvalue weighted by Gasteiger charge is -2.14. The van der Waals surface area contributed by atoms with E-state index < -0.39 is 0 Å². The summed E-state index contributed by atoms with van der Waals surface area (Å²) in [5, 5.41) is 11.0. The van der Waals surface area contributed by atoms with Crippen LogP contribution in [0.2, 0.25) is 10.0 Å². The van der Waals surface area contributed by atoms with Crippen LogP contribution in [0, 0.1) is 5.92 Å². The fourth-order valence-electron chi connectivity index (χ4n) is 2.15. The first-order valence-electron chi connectivity index (χ1n) is 6.27. The summed E-state index contributed by atoms with van der Waals surface area (Å²) in [4.78, 5) is 0. The lowest BCUT2D eigenvalue weighted by Crippen LogP contribution is -2.12. The van der Waals surface area contributed by atoms with E-state index in [1.54, 1.807) is 0 Å². The Morgan fingerprint density at radius 2 is 1.53 bits per heavy atom. The van der Waals surface area contributed by atoms with E-state index in [9.17, 15) is 5.11 Å². The standard InChI is InChI=1S/C16H16Cl2O/c17-15-6-4-12(5-7-15)8-14(11-19)9-13-2-1-3-16(18)10-13/h1-7,10,14,19H,8-9,11H2. The molecule has 0 bridgehead atoms. The third-order valence-corrected chi connectivity index (χ3v) is 3.60. The molecule has 0 saturated heterocycles. The number of aliphatic hydroxyl groups excluding tert-OH is 1. The van der Waals surface area contributed by atoms with Crippen LogP contribution >= 0.6 is 23.2 Å². The Hall–Kier alpha value is -1.02. The zero-order valence-electron chi connectivity index (χ0n) is 10.5. The Labute approximate surface area is 123 Å². The largest absolute Gasteiger partial charge is 0.396 e. The average molecular weight is 295 g/mol. The first kappa shape index (κ1) is 14.4. The Bertz CT molecular complexity index is 523. The maximum atomic E-state index is 9.51. The van der Waals surface area contributed by atoms with Crippen molar-refractivity contribution in [1.82, 2.24) is 0 Å². The molecule has 0 spiro atoms. The molecule has 19 heavy (non-hydrogen) atoms. The zero-order chi connectivity index (χ0) is 13.7. The van der Waals surface area contributed by atoms with E-state index in [0.717, 1.165) is 28.5 Å². The quantitative estimate of drug-likeness (QED) is 0.867. The molecular formula is C16H16Cl2O. The molecule has 0 aliphatic heterocycles. The minimum absolute atomic E-state index is 0.162. The molecule has 0 aromatic heterocycles. The van der Waals surface area contributed by atoms with Gasteiger partial charge in [0.15, 0.2) is 0 Å². The summed E-state index contributed by atoms with van der Waals surface area (Å²) in [6.45, 7) is 0.162. The van der Waals surface area contributed by atoms with Crippen molar-refractivity contribution in [2.75, 3.05) is 6.61 Å². The van der Waals surface area contributed by atoms with Crippen LogP contribution in [0.25, 0.3) is 0 Å². The van der Waals surface area contributed by atoms with Crippen LogP contribution in [0.5, 0.6) is 0 Å². The van der Waals surface area contributed by atoms with Gasteiger partial charge in [0, 0.05) is 16.7 Å². The van der Waals surface area contributed by atoms with E-state index in [1.165, 1.54) is 5.56 Å². The van der Waals surface area contributed by atoms with Crippen molar-refractivity contribution in [1.29, 1.82) is 0 Å². The minimum atomic E-state index is 0.162. The van der Waals surface area contributed by atoms with Crippen LogP contribution in [0.1, 0.15) is 11.1 Å². The normalized spacial score (nSPS) is 12.4. The Morgan fingerprint density at radius 3 is 2.16 bits per heavy atom. The SMILES string of the molecule is OCC(Cc1ccc(Cl)cc1)Cc1cccc(Cl)c1. The third kappa shape index (κ3) is 4.54. The number of hydrogen-bond acceptors (Lipinski definition) is 1. The van der Waals surface area contributed by atoms with Gasteiger partial charge in [-0.25, -0.2) is 0 Å². The van der Waals surface area contributed by atoms with Gasteiger partial charge in [-0.1, -0.05) is 47.5 Å². The Balaban J connectivity index is 2.02. The van der Waals surface area contributed by atoms with E-state index in [-0.39, 0.29) is 12.5 Å². The maximum Gasteiger partial charge on any atom is 0.0465 e. The summed E-state index contributed by atoms with van der Waals surface area (Å²) in [6, 6.07) is 15.6. The molecule has 1 unspecified atom stereocenters. The first-order chi connectivity index (χ1) is 9.17. The molecule has 2 rings (SSSR count). The molecule has 100 valence electrons. The van der Waals surface area contributed by atoms with Gasteiger partial charge in [0.2, 0.25) is 0 Å². The molecule has 0 saturated carbocycles. The maximum absolute atomic E-state index is 9.51. The van der Waals surface area contributed by atoms with Crippen LogP contribution in [-0.4, -0.2) is 11.7 Å². The molecule has 2 aromatic rings. The summed E-state index contributed by atoms with van der Waals surface area (Å²) in [6.07, 6.45) is 1.65. The molecule has 2 aromatic carbocycles. The van der Waals surface area contributed by atoms with Crippen molar-refractivity contribution in [2.24, 2.45) is 5.92 Å². The molecule has 0 radical (unpaired) electrons. The van der Waals surface area contributed by atoms with Gasteiger partial charge in [-0.3, -0.25) is 0 Å². The van der Waals surface area contributed by atoms with Crippen molar-refractivity contribution in [3.8, 4) is 0 Å². The van der Waals surface area contributed by atoms with Gasteiger partial charge >= 0.3 is 0 Å². The molecule has 1 atom stereocenters. The summed E-state index contributed by atoms with van der Waals surface area (Å²) < 4.78 is 0. The van der Waals surface area contributed by atoms with E-state index >= 15 is 0 Å². The molecule has 0 aliphatic carbocycles. The second kappa shape index (κ2) is 6.95. The van der Waals surface area contributed by atoms with Crippen molar-refractivity contribution >= 4 is 23.2 Å². The van der Waals surface area contributed by atoms with Crippen molar-refractivity contribution in [3.63, 3.8) is 0 Å². The van der Waals surface area contributed by atoms with Crippen molar-refractivity contribution < 1.29 is 5.11 Å². The molecule has 0 amide bonds. The second-order valence-corrected chi connectivity index (χ2v) is 5.59. The molecule has 3 heteroatoms. The number of benzene rings is 2. The fraction of sp³-hybridized carbons (Fsp3) is 0.250. The van der Waals surface area contributed by atoms with Crippen LogP contribution in [0.3, 0.4) is 0 Å². The second-order valence-electron chi connectivity index (χ2n) is 4.71. The van der Waals surface area contributed by atoms with E-state index in [2.05, 4.69) is 0 Å². The van der Waals surface area contributed by atoms with Crippen LogP contribution < -0.4 is 0 Å². The summed E-state index contributed by atoms with van der Waals surface area (Å²) >= 11 is 11.8. The predicted molar refractivity (Wildman–Crippen MR) is 80.9 cm³/mol. The lowest BCUT2D eigenvalue weighted by molar-refractivity contribution is 0.225. The summed E-state index contributed by atoms with van der Waals surface area (Å²) in [7, 11) is 0. The smallest absolute Gasteiger partial charge is 0.0465 e. The summed E-state index contributed by atoms with van der Waals surface area (Å²) in [5.74, 6) is 0.194. The predicted octanol–water partition coefficient (Wildman–Crippen LogP) is 4.39. The molecule has 1 N–H and O–H groups in total. The summed E-state index contributed by atoms with van der Waals surface area (Å²) in [5.41, 5.74) is 2.34. The minimum Gasteiger partial charge on any atom is -0.396 e. The Kier molecular flexibility index (Phi) is 5.26. The monoisotopic (exact) mass is 294 g/mol. The van der Waals surface area contributed by atoms with E-state index in [1.807, 2.05) is 48.5 Å². The van der Waals surface area contributed by atoms with Crippen LogP contribution in [0.15, 0.2) is 48.5 Å². The van der Waals surface area contributed by atoms with Crippen molar-refractivity contribution in [3.05, 3.63) is 69.7 Å². The highest BCUT2D eigenvalue weighted by atomic mass is 35.5. The number of halogens is 2.